The highest BCUT2D eigenvalue weighted by Crippen LogP contribution is 2.30. The van der Waals surface area contributed by atoms with E-state index < -0.39 is 9.84 Å². The summed E-state index contributed by atoms with van der Waals surface area (Å²) in [7, 11) is -2.98. The zero-order valence-corrected chi connectivity index (χ0v) is 15.8. The smallest absolute Gasteiger partial charge is 0.155 e. The third-order valence-electron chi connectivity index (χ3n) is 5.30. The molecule has 3 nitrogen and oxygen atoms in total. The average molecular weight is 358 g/mol. The number of sulfone groups is 1. The summed E-state index contributed by atoms with van der Waals surface area (Å²) in [4.78, 5) is 2.45. The molecule has 2 atom stereocenters. The normalized spacial score (nSPS) is 25.8. The summed E-state index contributed by atoms with van der Waals surface area (Å²) in [5, 5.41) is -0.536. The minimum atomic E-state index is -2.98. The van der Waals surface area contributed by atoms with Gasteiger partial charge in [0.25, 0.3) is 0 Å². The second-order valence-electron chi connectivity index (χ2n) is 7.21. The predicted molar refractivity (Wildman–Crippen MR) is 103 cm³/mol. The minimum Gasteiger partial charge on any atom is -0.292 e. The summed E-state index contributed by atoms with van der Waals surface area (Å²) in [6.07, 6.45) is 1.43. The number of rotatable bonds is 5. The van der Waals surface area contributed by atoms with Gasteiger partial charge in [0.15, 0.2) is 9.84 Å². The van der Waals surface area contributed by atoms with Gasteiger partial charge in [-0.05, 0) is 37.8 Å². The van der Waals surface area contributed by atoms with Crippen LogP contribution in [0.4, 0.5) is 0 Å². The molecule has 1 saturated heterocycles. The molecular formula is C21H27NO2S. The molecule has 4 heteroatoms. The summed E-state index contributed by atoms with van der Waals surface area (Å²) in [5.74, 6) is 0. The Morgan fingerprint density at radius 3 is 1.60 bits per heavy atom. The van der Waals surface area contributed by atoms with Crippen LogP contribution in [-0.4, -0.2) is 29.9 Å². The van der Waals surface area contributed by atoms with Crippen molar-refractivity contribution in [2.24, 2.45) is 0 Å². The van der Waals surface area contributed by atoms with Gasteiger partial charge in [0, 0.05) is 19.1 Å². The zero-order chi connectivity index (χ0) is 17.9. The van der Waals surface area contributed by atoms with Crippen LogP contribution in [0.2, 0.25) is 0 Å². The van der Waals surface area contributed by atoms with Gasteiger partial charge in [-0.3, -0.25) is 4.90 Å². The van der Waals surface area contributed by atoms with Crippen LogP contribution in [0, 0.1) is 0 Å². The van der Waals surface area contributed by atoms with Crippen LogP contribution in [0.15, 0.2) is 60.7 Å². The van der Waals surface area contributed by atoms with E-state index in [9.17, 15) is 8.42 Å². The third kappa shape index (κ3) is 4.31. The molecule has 0 bridgehead atoms. The first-order chi connectivity index (χ1) is 12.0. The fraction of sp³-hybridized carbons (Fsp3) is 0.429. The van der Waals surface area contributed by atoms with Crippen LogP contribution < -0.4 is 0 Å². The van der Waals surface area contributed by atoms with Crippen LogP contribution in [0.25, 0.3) is 0 Å². The topological polar surface area (TPSA) is 37.4 Å². The predicted octanol–water partition coefficient (Wildman–Crippen LogP) is 4.04. The quantitative estimate of drug-likeness (QED) is 0.810. The number of nitrogens with zero attached hydrogens (tertiary/aromatic N) is 1. The Morgan fingerprint density at radius 2 is 1.20 bits per heavy atom. The van der Waals surface area contributed by atoms with Gasteiger partial charge in [0.05, 0.1) is 10.5 Å². The van der Waals surface area contributed by atoms with Crippen LogP contribution in [-0.2, 0) is 22.9 Å². The van der Waals surface area contributed by atoms with Gasteiger partial charge >= 0.3 is 0 Å². The Labute approximate surface area is 151 Å². The van der Waals surface area contributed by atoms with Crippen molar-refractivity contribution in [1.29, 1.82) is 0 Å². The highest BCUT2D eigenvalue weighted by Gasteiger charge is 2.38. The van der Waals surface area contributed by atoms with Gasteiger partial charge in [-0.2, -0.15) is 0 Å². The monoisotopic (exact) mass is 357 g/mol. The van der Waals surface area contributed by atoms with Gasteiger partial charge in [0.2, 0.25) is 0 Å². The molecule has 3 rings (SSSR count). The van der Waals surface area contributed by atoms with E-state index in [1.807, 2.05) is 26.0 Å². The maximum absolute atomic E-state index is 12.4. The third-order valence-corrected chi connectivity index (χ3v) is 7.93. The first kappa shape index (κ1) is 18.2. The van der Waals surface area contributed by atoms with E-state index in [4.69, 9.17) is 0 Å². The molecule has 0 aliphatic carbocycles. The van der Waals surface area contributed by atoms with Crippen LogP contribution >= 0.6 is 0 Å². The van der Waals surface area contributed by atoms with Crippen LogP contribution in [0.1, 0.15) is 37.8 Å². The molecule has 134 valence electrons. The molecule has 2 aromatic rings. The molecule has 1 aliphatic rings. The fourth-order valence-electron chi connectivity index (χ4n) is 3.78. The largest absolute Gasteiger partial charge is 0.292 e. The Hall–Kier alpha value is -1.65. The minimum absolute atomic E-state index is 0.268. The van der Waals surface area contributed by atoms with E-state index in [0.717, 1.165) is 13.1 Å². The molecular weight excluding hydrogens is 330 g/mol. The summed E-state index contributed by atoms with van der Waals surface area (Å²) >= 11 is 0. The Morgan fingerprint density at radius 1 is 0.800 bits per heavy atom. The molecule has 0 N–H and O–H groups in total. The molecule has 0 aromatic heterocycles. The number of benzene rings is 2. The van der Waals surface area contributed by atoms with Gasteiger partial charge in [-0.15, -0.1) is 0 Å². The first-order valence-electron chi connectivity index (χ1n) is 9.01. The average Bonchev–Trinajstić information content (AvgIpc) is 2.61. The van der Waals surface area contributed by atoms with E-state index in [1.54, 1.807) is 0 Å². The standard InChI is InChI=1S/C21H27NO2S/c1-17-13-21(14-18(2)25(17,23)24)22(15-19-9-5-3-6-10-19)16-20-11-7-4-8-12-20/h3-12,17-18,21H,13-16H2,1-2H3. The zero-order valence-electron chi connectivity index (χ0n) is 15.0. The highest BCUT2D eigenvalue weighted by atomic mass is 32.2. The Balaban J connectivity index is 1.83. The maximum atomic E-state index is 12.4. The van der Waals surface area contributed by atoms with Crippen molar-refractivity contribution in [2.45, 2.75) is 56.3 Å². The van der Waals surface area contributed by atoms with Crippen molar-refractivity contribution >= 4 is 9.84 Å². The number of hydrogen-bond donors (Lipinski definition) is 0. The van der Waals surface area contributed by atoms with Gasteiger partial charge in [-0.25, -0.2) is 8.42 Å². The molecule has 1 aliphatic heterocycles. The molecule has 1 fully saturated rings. The summed E-state index contributed by atoms with van der Waals surface area (Å²) in [6.45, 7) is 5.42. The molecule has 25 heavy (non-hydrogen) atoms. The summed E-state index contributed by atoms with van der Waals surface area (Å²) < 4.78 is 24.8. The van der Waals surface area contributed by atoms with Crippen molar-refractivity contribution in [3.8, 4) is 0 Å². The van der Waals surface area contributed by atoms with E-state index >= 15 is 0 Å². The van der Waals surface area contributed by atoms with E-state index in [-0.39, 0.29) is 16.5 Å². The lowest BCUT2D eigenvalue weighted by Gasteiger charge is -2.39. The molecule has 0 radical (unpaired) electrons. The SMILES string of the molecule is CC1CC(N(Cc2ccccc2)Cc2ccccc2)CC(C)S1(=O)=O. The van der Waals surface area contributed by atoms with Gasteiger partial charge < -0.3 is 0 Å². The van der Waals surface area contributed by atoms with Crippen molar-refractivity contribution in [3.05, 3.63) is 71.8 Å². The highest BCUT2D eigenvalue weighted by molar-refractivity contribution is 7.92. The Bertz CT molecular complexity index is 715. The van der Waals surface area contributed by atoms with Gasteiger partial charge in [-0.1, -0.05) is 60.7 Å². The Kier molecular flexibility index (Phi) is 5.60. The van der Waals surface area contributed by atoms with Gasteiger partial charge in [0.1, 0.15) is 0 Å². The first-order valence-corrected chi connectivity index (χ1v) is 10.6. The van der Waals surface area contributed by atoms with Crippen molar-refractivity contribution in [3.63, 3.8) is 0 Å². The lowest BCUT2D eigenvalue weighted by molar-refractivity contribution is 0.153. The van der Waals surface area contributed by atoms with Crippen LogP contribution in [0.3, 0.4) is 0 Å². The molecule has 0 amide bonds. The molecule has 1 heterocycles. The van der Waals surface area contributed by atoms with Crippen molar-refractivity contribution in [2.75, 3.05) is 0 Å². The molecule has 0 saturated carbocycles. The molecule has 2 unspecified atom stereocenters. The second kappa shape index (κ2) is 7.71. The summed E-state index contributed by atoms with van der Waals surface area (Å²) in [5.41, 5.74) is 2.54. The molecule has 0 spiro atoms. The van der Waals surface area contributed by atoms with Crippen molar-refractivity contribution in [1.82, 2.24) is 4.90 Å². The summed E-state index contributed by atoms with van der Waals surface area (Å²) in [6, 6.07) is 21.2. The molecule has 2 aromatic carbocycles. The lowest BCUT2D eigenvalue weighted by atomic mass is 10.0. The lowest BCUT2D eigenvalue weighted by Crippen LogP contribution is -2.47. The fourth-order valence-corrected chi connectivity index (χ4v) is 5.55. The maximum Gasteiger partial charge on any atom is 0.155 e. The van der Waals surface area contributed by atoms with E-state index in [1.165, 1.54) is 11.1 Å². The number of hydrogen-bond acceptors (Lipinski definition) is 3. The van der Waals surface area contributed by atoms with Crippen molar-refractivity contribution < 1.29 is 8.42 Å². The van der Waals surface area contributed by atoms with E-state index in [2.05, 4.69) is 53.4 Å². The van der Waals surface area contributed by atoms with Crippen LogP contribution in [0.5, 0.6) is 0 Å². The van der Waals surface area contributed by atoms with E-state index in [0.29, 0.717) is 12.8 Å². The second-order valence-corrected chi connectivity index (χ2v) is 10.00.